The first-order valence-corrected chi connectivity index (χ1v) is 5.69. The van der Waals surface area contributed by atoms with Crippen LogP contribution >= 0.6 is 0 Å². The van der Waals surface area contributed by atoms with Crippen molar-refractivity contribution in [2.75, 3.05) is 6.54 Å². The maximum absolute atomic E-state index is 11.5. The number of nitrogens with one attached hydrogen (secondary N) is 2. The molecule has 0 spiro atoms. The van der Waals surface area contributed by atoms with E-state index in [-0.39, 0.29) is 12.1 Å². The summed E-state index contributed by atoms with van der Waals surface area (Å²) in [4.78, 5) is 11.5. The SMILES string of the molecule is C[C@H]1NC[C@@H](O)C[C@H]1NC(=O)OC(C)(C)C. The zero-order valence-electron chi connectivity index (χ0n) is 10.4. The van der Waals surface area contributed by atoms with Crippen molar-refractivity contribution >= 4 is 6.09 Å². The summed E-state index contributed by atoms with van der Waals surface area (Å²) in [5.41, 5.74) is -0.492. The Morgan fingerprint density at radius 3 is 2.69 bits per heavy atom. The van der Waals surface area contributed by atoms with Crippen molar-refractivity contribution in [1.29, 1.82) is 0 Å². The normalized spacial score (nSPS) is 30.9. The summed E-state index contributed by atoms with van der Waals surface area (Å²) in [5, 5.41) is 15.4. The quantitative estimate of drug-likeness (QED) is 0.617. The van der Waals surface area contributed by atoms with Crippen molar-refractivity contribution in [2.45, 2.75) is 57.9 Å². The Morgan fingerprint density at radius 1 is 1.50 bits per heavy atom. The van der Waals surface area contributed by atoms with Gasteiger partial charge in [0.25, 0.3) is 0 Å². The third-order valence-electron chi connectivity index (χ3n) is 2.51. The first-order valence-electron chi connectivity index (χ1n) is 5.69. The van der Waals surface area contributed by atoms with Gasteiger partial charge in [-0.2, -0.15) is 0 Å². The summed E-state index contributed by atoms with van der Waals surface area (Å²) in [5.74, 6) is 0. The second kappa shape index (κ2) is 5.01. The number of rotatable bonds is 1. The van der Waals surface area contributed by atoms with E-state index >= 15 is 0 Å². The van der Waals surface area contributed by atoms with Gasteiger partial charge in [-0.25, -0.2) is 4.79 Å². The monoisotopic (exact) mass is 230 g/mol. The van der Waals surface area contributed by atoms with Gasteiger partial charge < -0.3 is 20.5 Å². The van der Waals surface area contributed by atoms with E-state index in [0.29, 0.717) is 13.0 Å². The fourth-order valence-corrected chi connectivity index (χ4v) is 1.69. The molecule has 1 saturated heterocycles. The van der Waals surface area contributed by atoms with E-state index < -0.39 is 17.8 Å². The van der Waals surface area contributed by atoms with Gasteiger partial charge in [-0.15, -0.1) is 0 Å². The number of carbonyl (C=O) groups excluding carboxylic acids is 1. The number of amides is 1. The Kier molecular flexibility index (Phi) is 4.15. The van der Waals surface area contributed by atoms with Crippen molar-refractivity contribution in [3.05, 3.63) is 0 Å². The summed E-state index contributed by atoms with van der Waals surface area (Å²) >= 11 is 0. The molecule has 0 aromatic carbocycles. The Bertz CT molecular complexity index is 250. The molecule has 1 aliphatic rings. The van der Waals surface area contributed by atoms with Crippen molar-refractivity contribution in [2.24, 2.45) is 0 Å². The lowest BCUT2D eigenvalue weighted by molar-refractivity contribution is 0.0433. The molecule has 1 rings (SSSR count). The molecule has 16 heavy (non-hydrogen) atoms. The summed E-state index contributed by atoms with van der Waals surface area (Å²) in [7, 11) is 0. The van der Waals surface area contributed by atoms with Crippen LogP contribution in [0.25, 0.3) is 0 Å². The van der Waals surface area contributed by atoms with Gasteiger partial charge in [0.2, 0.25) is 0 Å². The molecule has 5 heteroatoms. The molecule has 0 radical (unpaired) electrons. The third-order valence-corrected chi connectivity index (χ3v) is 2.51. The van der Waals surface area contributed by atoms with Crippen LogP contribution in [0.2, 0.25) is 0 Å². The van der Waals surface area contributed by atoms with Crippen LogP contribution in [-0.2, 0) is 4.74 Å². The highest BCUT2D eigenvalue weighted by Gasteiger charge is 2.28. The average molecular weight is 230 g/mol. The molecule has 0 bridgehead atoms. The van der Waals surface area contributed by atoms with Crippen LogP contribution in [0.15, 0.2) is 0 Å². The number of β-amino-alcohol motifs (C(OH)–C–C–N with tert-alkyl or cyclic N) is 1. The predicted octanol–water partition coefficient (Wildman–Crippen LogP) is 0.622. The van der Waals surface area contributed by atoms with Gasteiger partial charge in [-0.1, -0.05) is 0 Å². The number of aliphatic hydroxyl groups is 1. The number of aliphatic hydroxyl groups excluding tert-OH is 1. The molecule has 1 fully saturated rings. The molecular weight excluding hydrogens is 208 g/mol. The van der Waals surface area contributed by atoms with Crippen LogP contribution in [-0.4, -0.2) is 41.5 Å². The summed E-state index contributed by atoms with van der Waals surface area (Å²) in [6.45, 7) is 8.03. The van der Waals surface area contributed by atoms with E-state index in [9.17, 15) is 9.90 Å². The van der Waals surface area contributed by atoms with Gasteiger partial charge in [-0.05, 0) is 34.1 Å². The van der Waals surface area contributed by atoms with Gasteiger partial charge in [0, 0.05) is 18.6 Å². The summed E-state index contributed by atoms with van der Waals surface area (Å²) in [6.07, 6.45) is -0.274. The number of hydrogen-bond acceptors (Lipinski definition) is 4. The standard InChI is InChI=1S/C11H22N2O3/c1-7-9(5-8(14)6-12-7)13-10(15)16-11(2,3)4/h7-9,12,14H,5-6H2,1-4H3,(H,13,15)/t7-,8+,9-/m1/s1. The maximum Gasteiger partial charge on any atom is 0.407 e. The molecule has 0 aromatic heterocycles. The van der Waals surface area contributed by atoms with E-state index in [1.54, 1.807) is 0 Å². The summed E-state index contributed by atoms with van der Waals surface area (Å²) in [6, 6.07) is 0.0644. The lowest BCUT2D eigenvalue weighted by Crippen LogP contribution is -2.56. The highest BCUT2D eigenvalue weighted by atomic mass is 16.6. The van der Waals surface area contributed by atoms with E-state index in [1.165, 1.54) is 0 Å². The van der Waals surface area contributed by atoms with Gasteiger partial charge in [-0.3, -0.25) is 0 Å². The van der Waals surface area contributed by atoms with Gasteiger partial charge in [0.1, 0.15) is 5.60 Å². The Hall–Kier alpha value is -0.810. The predicted molar refractivity (Wildman–Crippen MR) is 61.2 cm³/mol. The highest BCUT2D eigenvalue weighted by Crippen LogP contribution is 2.11. The van der Waals surface area contributed by atoms with E-state index in [4.69, 9.17) is 4.74 Å². The van der Waals surface area contributed by atoms with E-state index in [0.717, 1.165) is 0 Å². The second-order valence-electron chi connectivity index (χ2n) is 5.34. The molecule has 0 unspecified atom stereocenters. The molecular formula is C11H22N2O3. The van der Waals surface area contributed by atoms with Gasteiger partial charge in [0.15, 0.2) is 0 Å². The Labute approximate surface area is 96.6 Å². The third kappa shape index (κ3) is 4.37. The molecule has 1 aliphatic heterocycles. The van der Waals surface area contributed by atoms with Crippen molar-refractivity contribution in [3.8, 4) is 0 Å². The maximum atomic E-state index is 11.5. The molecule has 1 heterocycles. The van der Waals surface area contributed by atoms with E-state index in [2.05, 4.69) is 10.6 Å². The molecule has 3 atom stereocenters. The summed E-state index contributed by atoms with van der Waals surface area (Å²) < 4.78 is 5.16. The minimum Gasteiger partial charge on any atom is -0.444 e. The molecule has 1 amide bonds. The Balaban J connectivity index is 2.43. The number of carbonyl (C=O) groups is 1. The first kappa shape index (κ1) is 13.3. The first-order chi connectivity index (χ1) is 7.28. The lowest BCUT2D eigenvalue weighted by atomic mass is 9.98. The average Bonchev–Trinajstić information content (AvgIpc) is 2.08. The van der Waals surface area contributed by atoms with Crippen molar-refractivity contribution < 1.29 is 14.6 Å². The molecule has 0 aliphatic carbocycles. The molecule has 3 N–H and O–H groups in total. The van der Waals surface area contributed by atoms with Crippen molar-refractivity contribution in [1.82, 2.24) is 10.6 Å². The van der Waals surface area contributed by atoms with E-state index in [1.807, 2.05) is 27.7 Å². The van der Waals surface area contributed by atoms with Crippen LogP contribution < -0.4 is 10.6 Å². The molecule has 0 aromatic rings. The zero-order chi connectivity index (χ0) is 12.3. The van der Waals surface area contributed by atoms with Crippen LogP contribution in [0.3, 0.4) is 0 Å². The van der Waals surface area contributed by atoms with Gasteiger partial charge in [0.05, 0.1) is 6.10 Å². The van der Waals surface area contributed by atoms with Gasteiger partial charge >= 0.3 is 6.09 Å². The smallest absolute Gasteiger partial charge is 0.407 e. The molecule has 94 valence electrons. The van der Waals surface area contributed by atoms with Crippen LogP contribution in [0.1, 0.15) is 34.1 Å². The lowest BCUT2D eigenvalue weighted by Gasteiger charge is -2.34. The molecule has 0 saturated carbocycles. The zero-order valence-corrected chi connectivity index (χ0v) is 10.4. The minimum absolute atomic E-state index is 0.0846. The van der Waals surface area contributed by atoms with Crippen molar-refractivity contribution in [3.63, 3.8) is 0 Å². The largest absolute Gasteiger partial charge is 0.444 e. The van der Waals surface area contributed by atoms with Crippen LogP contribution in [0.4, 0.5) is 4.79 Å². The van der Waals surface area contributed by atoms with Crippen LogP contribution in [0, 0.1) is 0 Å². The second-order valence-corrected chi connectivity index (χ2v) is 5.34. The Morgan fingerprint density at radius 2 is 2.12 bits per heavy atom. The number of ether oxygens (including phenoxy) is 1. The fourth-order valence-electron chi connectivity index (χ4n) is 1.69. The number of piperidine rings is 1. The van der Waals surface area contributed by atoms with Crippen LogP contribution in [0.5, 0.6) is 0 Å². The minimum atomic E-state index is -0.492. The fraction of sp³-hybridized carbons (Fsp3) is 0.909. The topological polar surface area (TPSA) is 70.6 Å². The number of alkyl carbamates (subject to hydrolysis) is 1. The molecule has 5 nitrogen and oxygen atoms in total. The highest BCUT2D eigenvalue weighted by molar-refractivity contribution is 5.68. The number of hydrogen-bond donors (Lipinski definition) is 3.